The molecule has 0 spiro atoms. The minimum absolute atomic E-state index is 0.0787. The zero-order valence-corrected chi connectivity index (χ0v) is 19.4. The van der Waals surface area contributed by atoms with Gasteiger partial charge < -0.3 is 16.0 Å². The highest BCUT2D eigenvalue weighted by Gasteiger charge is 2.46. The average molecular weight is 525 g/mol. The van der Waals surface area contributed by atoms with Crippen molar-refractivity contribution < 1.29 is 31.9 Å². The van der Waals surface area contributed by atoms with Crippen LogP contribution in [-0.4, -0.2) is 52.2 Å². The van der Waals surface area contributed by atoms with E-state index < -0.39 is 61.5 Å². The van der Waals surface area contributed by atoms with E-state index in [-0.39, 0.29) is 16.3 Å². The summed E-state index contributed by atoms with van der Waals surface area (Å²) in [6, 6.07) is 8.55. The van der Waals surface area contributed by atoms with Crippen molar-refractivity contribution in [3.63, 3.8) is 0 Å². The SMILES string of the molecule is NC(=O)n1cc(NC(=O)N2C[C@H](F)C[C@H]2C(=O)C[C@@H](c2cccc(Cl)c2)C(F)(F)F)c2ccccc21. The Bertz CT molecular complexity index is 1330. The van der Waals surface area contributed by atoms with Crippen molar-refractivity contribution in [3.05, 3.63) is 65.3 Å². The summed E-state index contributed by atoms with van der Waals surface area (Å²) in [6.07, 6.45) is -6.48. The molecular weight excluding hydrogens is 504 g/mol. The van der Waals surface area contributed by atoms with Gasteiger partial charge in [0, 0.05) is 29.4 Å². The maximum atomic E-state index is 14.3. The fraction of sp³-hybridized carbons (Fsp3) is 0.292. The van der Waals surface area contributed by atoms with Gasteiger partial charge in [0.2, 0.25) is 0 Å². The first-order valence-corrected chi connectivity index (χ1v) is 11.3. The van der Waals surface area contributed by atoms with Crippen LogP contribution in [0.1, 0.15) is 24.3 Å². The van der Waals surface area contributed by atoms with Crippen molar-refractivity contribution in [3.8, 4) is 0 Å². The number of hydrogen-bond donors (Lipinski definition) is 2. The third-order valence-corrected chi connectivity index (χ3v) is 6.36. The molecule has 3 aromatic rings. The lowest BCUT2D eigenvalue weighted by Crippen LogP contribution is -2.44. The third kappa shape index (κ3) is 5.15. The first-order valence-electron chi connectivity index (χ1n) is 10.9. The predicted octanol–water partition coefficient (Wildman–Crippen LogP) is 5.47. The van der Waals surface area contributed by atoms with Crippen molar-refractivity contribution in [1.82, 2.24) is 9.47 Å². The van der Waals surface area contributed by atoms with E-state index in [0.29, 0.717) is 10.9 Å². The van der Waals surface area contributed by atoms with Crippen molar-refractivity contribution in [2.75, 3.05) is 11.9 Å². The van der Waals surface area contributed by atoms with Crippen molar-refractivity contribution in [2.45, 2.75) is 37.1 Å². The number of ketones is 1. The number of likely N-dealkylation sites (tertiary alicyclic amines) is 1. The van der Waals surface area contributed by atoms with Crippen LogP contribution in [-0.2, 0) is 4.79 Å². The van der Waals surface area contributed by atoms with Crippen LogP contribution in [0.3, 0.4) is 0 Å². The molecule has 2 aromatic carbocycles. The van der Waals surface area contributed by atoms with Gasteiger partial charge in [0.25, 0.3) is 0 Å². The Balaban J connectivity index is 1.57. The van der Waals surface area contributed by atoms with Gasteiger partial charge in [0.1, 0.15) is 6.17 Å². The molecule has 0 saturated carbocycles. The number of amides is 3. The highest BCUT2D eigenvalue weighted by atomic mass is 35.5. The van der Waals surface area contributed by atoms with E-state index in [4.69, 9.17) is 17.3 Å². The molecular formula is C24H21ClF4N4O3. The van der Waals surface area contributed by atoms with E-state index in [0.717, 1.165) is 15.5 Å². The third-order valence-electron chi connectivity index (χ3n) is 6.13. The number of halogens is 5. The van der Waals surface area contributed by atoms with E-state index in [1.165, 1.54) is 24.4 Å². The van der Waals surface area contributed by atoms with Gasteiger partial charge in [0.15, 0.2) is 5.78 Å². The first-order chi connectivity index (χ1) is 17.0. The molecule has 0 unspecified atom stereocenters. The van der Waals surface area contributed by atoms with Gasteiger partial charge in [-0.1, -0.05) is 41.9 Å². The molecule has 2 heterocycles. The number of urea groups is 1. The second-order valence-electron chi connectivity index (χ2n) is 8.52. The Hall–Kier alpha value is -3.60. The molecule has 1 aliphatic rings. The maximum absolute atomic E-state index is 14.3. The fourth-order valence-electron chi connectivity index (χ4n) is 4.45. The van der Waals surface area contributed by atoms with Gasteiger partial charge in [-0.05, 0) is 23.8 Å². The molecule has 4 rings (SSSR count). The Labute approximate surface area is 207 Å². The van der Waals surface area contributed by atoms with E-state index in [1.54, 1.807) is 24.3 Å². The summed E-state index contributed by atoms with van der Waals surface area (Å²) in [7, 11) is 0. The molecule has 0 radical (unpaired) electrons. The number of benzene rings is 2. The minimum atomic E-state index is -4.77. The van der Waals surface area contributed by atoms with Crippen molar-refractivity contribution in [2.24, 2.45) is 5.73 Å². The summed E-state index contributed by atoms with van der Waals surface area (Å²) in [6.45, 7) is -0.468. The minimum Gasteiger partial charge on any atom is -0.351 e. The number of para-hydroxylation sites is 1. The fourth-order valence-corrected chi connectivity index (χ4v) is 4.64. The quantitative estimate of drug-likeness (QED) is 0.433. The largest absolute Gasteiger partial charge is 0.396 e. The number of fused-ring (bicyclic) bond motifs is 1. The van der Waals surface area contributed by atoms with Crippen molar-refractivity contribution in [1.29, 1.82) is 0 Å². The molecule has 3 N–H and O–H groups in total. The number of alkyl halides is 4. The molecule has 0 aliphatic carbocycles. The monoisotopic (exact) mass is 524 g/mol. The molecule has 3 atom stereocenters. The average Bonchev–Trinajstić information content (AvgIpc) is 3.38. The second-order valence-corrected chi connectivity index (χ2v) is 8.96. The van der Waals surface area contributed by atoms with Gasteiger partial charge in [-0.2, -0.15) is 13.2 Å². The van der Waals surface area contributed by atoms with Crippen LogP contribution in [0.25, 0.3) is 10.9 Å². The molecule has 190 valence electrons. The number of anilines is 1. The molecule has 36 heavy (non-hydrogen) atoms. The van der Waals surface area contributed by atoms with E-state index >= 15 is 0 Å². The highest BCUT2D eigenvalue weighted by Crippen LogP contribution is 2.39. The Morgan fingerprint density at radius 3 is 2.53 bits per heavy atom. The summed E-state index contributed by atoms with van der Waals surface area (Å²) in [4.78, 5) is 38.6. The first kappa shape index (κ1) is 25.5. The van der Waals surface area contributed by atoms with Crippen LogP contribution < -0.4 is 11.1 Å². The summed E-state index contributed by atoms with van der Waals surface area (Å²) >= 11 is 5.83. The van der Waals surface area contributed by atoms with Crippen LogP contribution in [0.2, 0.25) is 5.02 Å². The number of carbonyl (C=O) groups is 3. The Kier molecular flexibility index (Phi) is 6.94. The Morgan fingerprint density at radius 2 is 1.86 bits per heavy atom. The number of hydrogen-bond acceptors (Lipinski definition) is 3. The molecule has 12 heteroatoms. The van der Waals surface area contributed by atoms with Gasteiger partial charge in [-0.15, -0.1) is 0 Å². The molecule has 1 aromatic heterocycles. The number of rotatable bonds is 5. The van der Waals surface area contributed by atoms with Crippen LogP contribution in [0.15, 0.2) is 54.7 Å². The molecule has 1 saturated heterocycles. The van der Waals surface area contributed by atoms with Crippen LogP contribution >= 0.6 is 11.6 Å². The highest BCUT2D eigenvalue weighted by molar-refractivity contribution is 6.30. The van der Waals surface area contributed by atoms with Crippen molar-refractivity contribution >= 4 is 46.0 Å². The number of Topliss-reactive ketones (excluding diaryl/α,β-unsaturated/α-hetero) is 1. The zero-order chi connectivity index (χ0) is 26.2. The topological polar surface area (TPSA) is 97.4 Å². The van der Waals surface area contributed by atoms with E-state index in [2.05, 4.69) is 5.32 Å². The normalized spacial score (nSPS) is 18.9. The van der Waals surface area contributed by atoms with Crippen LogP contribution in [0.4, 0.5) is 32.8 Å². The van der Waals surface area contributed by atoms with Gasteiger partial charge in [-0.3, -0.25) is 9.36 Å². The number of nitrogens with zero attached hydrogens (tertiary/aromatic N) is 2. The lowest BCUT2D eigenvalue weighted by molar-refractivity contribution is -0.157. The van der Waals surface area contributed by atoms with Crippen LogP contribution in [0, 0.1) is 0 Å². The molecule has 1 fully saturated rings. The zero-order valence-electron chi connectivity index (χ0n) is 18.6. The molecule has 7 nitrogen and oxygen atoms in total. The number of nitrogens with one attached hydrogen (secondary N) is 1. The van der Waals surface area contributed by atoms with E-state index in [9.17, 15) is 31.9 Å². The summed E-state index contributed by atoms with van der Waals surface area (Å²) in [5, 5.41) is 3.07. The standard InChI is InChI=1S/C24H21ClF4N4O3/c25-14-5-3-4-13(8-14)17(24(27,28)29)10-21(34)20-9-15(26)11-33(20)23(36)31-18-12-32(22(30)35)19-7-2-1-6-16(18)19/h1-8,12,15,17,20H,9-11H2,(H2,30,35)(H,31,36)/t15-,17+,20+/m1/s1. The predicted molar refractivity (Wildman–Crippen MR) is 126 cm³/mol. The maximum Gasteiger partial charge on any atom is 0.396 e. The lowest BCUT2D eigenvalue weighted by atomic mass is 9.90. The summed E-state index contributed by atoms with van der Waals surface area (Å²) in [5.41, 5.74) is 5.76. The van der Waals surface area contributed by atoms with E-state index in [1.807, 2.05) is 0 Å². The van der Waals surface area contributed by atoms with Gasteiger partial charge >= 0.3 is 18.2 Å². The molecule has 1 aliphatic heterocycles. The smallest absolute Gasteiger partial charge is 0.351 e. The molecule has 3 amide bonds. The summed E-state index contributed by atoms with van der Waals surface area (Å²) in [5.74, 6) is -3.09. The number of aromatic nitrogens is 1. The summed E-state index contributed by atoms with van der Waals surface area (Å²) < 4.78 is 56.9. The molecule has 0 bridgehead atoms. The number of nitrogens with two attached hydrogens (primary N) is 1. The second kappa shape index (κ2) is 9.81. The Morgan fingerprint density at radius 1 is 1.14 bits per heavy atom. The van der Waals surface area contributed by atoms with Gasteiger partial charge in [0.05, 0.1) is 29.7 Å². The number of carbonyl (C=O) groups excluding carboxylic acids is 3. The number of primary amides is 1. The lowest BCUT2D eigenvalue weighted by Gasteiger charge is -2.26. The van der Waals surface area contributed by atoms with Gasteiger partial charge in [-0.25, -0.2) is 14.0 Å². The van der Waals surface area contributed by atoms with Crippen LogP contribution in [0.5, 0.6) is 0 Å².